The van der Waals surface area contributed by atoms with Gasteiger partial charge in [-0.15, -0.1) is 0 Å². The minimum atomic E-state index is -0.926. The van der Waals surface area contributed by atoms with Crippen LogP contribution in [0.3, 0.4) is 0 Å². The molecule has 154 valence electrons. The highest BCUT2D eigenvalue weighted by atomic mass is 16.2. The molecule has 1 aromatic rings. The first-order valence-electron chi connectivity index (χ1n) is 10.3. The smallest absolute Gasteiger partial charge is 0.262 e. The lowest BCUT2D eigenvalue weighted by atomic mass is 10.0. The maximum atomic E-state index is 12.9. The molecule has 3 N–H and O–H groups in total. The molecule has 3 aliphatic heterocycles. The molecule has 0 radical (unpaired) electrons. The Morgan fingerprint density at radius 1 is 0.966 bits per heavy atom. The van der Waals surface area contributed by atoms with Crippen molar-refractivity contribution in [3.05, 3.63) is 34.9 Å². The Hall–Kier alpha value is -2.58. The molecule has 1 atom stereocenters. The predicted octanol–water partition coefficient (Wildman–Crippen LogP) is 0.710. The van der Waals surface area contributed by atoms with Gasteiger partial charge in [0, 0.05) is 19.0 Å². The zero-order valence-electron chi connectivity index (χ0n) is 16.3. The topological polar surface area (TPSA) is 108 Å². The van der Waals surface area contributed by atoms with Gasteiger partial charge in [0.2, 0.25) is 11.8 Å². The molecule has 4 rings (SSSR count). The van der Waals surface area contributed by atoms with Crippen LogP contribution in [0, 0.1) is 0 Å². The van der Waals surface area contributed by atoms with Crippen molar-refractivity contribution in [3.63, 3.8) is 0 Å². The van der Waals surface area contributed by atoms with Gasteiger partial charge in [0.05, 0.1) is 11.1 Å². The molecule has 3 aliphatic rings. The summed E-state index contributed by atoms with van der Waals surface area (Å²) in [7, 11) is 0. The fourth-order valence-corrected chi connectivity index (χ4v) is 4.31. The van der Waals surface area contributed by atoms with Crippen LogP contribution in [0.2, 0.25) is 0 Å². The van der Waals surface area contributed by atoms with E-state index < -0.39 is 23.8 Å². The average molecular weight is 398 g/mol. The van der Waals surface area contributed by atoms with Crippen molar-refractivity contribution in [2.45, 2.75) is 57.2 Å². The number of amides is 4. The Morgan fingerprint density at radius 3 is 2.41 bits per heavy atom. The van der Waals surface area contributed by atoms with Crippen molar-refractivity contribution >= 4 is 23.6 Å². The van der Waals surface area contributed by atoms with Crippen molar-refractivity contribution < 1.29 is 19.2 Å². The van der Waals surface area contributed by atoms with Crippen LogP contribution in [0.5, 0.6) is 0 Å². The first-order chi connectivity index (χ1) is 14.0. The van der Waals surface area contributed by atoms with Crippen molar-refractivity contribution in [1.82, 2.24) is 20.9 Å². The number of benzene rings is 1. The van der Waals surface area contributed by atoms with Crippen LogP contribution in [-0.2, 0) is 16.1 Å². The largest absolute Gasteiger partial charge is 0.317 e. The van der Waals surface area contributed by atoms with Gasteiger partial charge in [-0.1, -0.05) is 6.07 Å². The zero-order chi connectivity index (χ0) is 20.4. The summed E-state index contributed by atoms with van der Waals surface area (Å²) in [6.45, 7) is 2.72. The molecule has 0 bridgehead atoms. The lowest BCUT2D eigenvalue weighted by Gasteiger charge is -2.27. The Morgan fingerprint density at radius 2 is 1.69 bits per heavy atom. The van der Waals surface area contributed by atoms with Gasteiger partial charge in [-0.05, 0) is 62.9 Å². The number of rotatable bonds is 4. The van der Waals surface area contributed by atoms with Crippen LogP contribution in [0.4, 0.5) is 0 Å². The third-order valence-corrected chi connectivity index (χ3v) is 5.91. The Labute approximate surface area is 169 Å². The SMILES string of the molecule is O=C1CCC(N2C(=O)c3ccc(CNC4CCCNCCC4)cc3C2=O)C(=O)N1. The van der Waals surface area contributed by atoms with Crippen LogP contribution in [-0.4, -0.2) is 53.7 Å². The van der Waals surface area contributed by atoms with Crippen LogP contribution in [0.15, 0.2) is 18.2 Å². The van der Waals surface area contributed by atoms with E-state index in [1.165, 1.54) is 0 Å². The molecule has 2 fully saturated rings. The fraction of sp³-hybridized carbons (Fsp3) is 0.524. The lowest BCUT2D eigenvalue weighted by Crippen LogP contribution is -2.54. The molecule has 3 heterocycles. The first kappa shape index (κ1) is 19.7. The number of carbonyl (C=O) groups is 4. The third-order valence-electron chi connectivity index (χ3n) is 5.91. The van der Waals surface area contributed by atoms with Gasteiger partial charge in [-0.3, -0.25) is 29.4 Å². The summed E-state index contributed by atoms with van der Waals surface area (Å²) >= 11 is 0. The van der Waals surface area contributed by atoms with Crippen LogP contribution < -0.4 is 16.0 Å². The normalized spacial score (nSPS) is 23.6. The van der Waals surface area contributed by atoms with Crippen molar-refractivity contribution in [2.75, 3.05) is 13.1 Å². The second-order valence-electron chi connectivity index (χ2n) is 7.94. The molecule has 4 amide bonds. The second-order valence-corrected chi connectivity index (χ2v) is 7.94. The predicted molar refractivity (Wildman–Crippen MR) is 105 cm³/mol. The van der Waals surface area contributed by atoms with E-state index in [9.17, 15) is 19.2 Å². The fourth-order valence-electron chi connectivity index (χ4n) is 4.31. The van der Waals surface area contributed by atoms with Crippen LogP contribution >= 0.6 is 0 Å². The highest BCUT2D eigenvalue weighted by molar-refractivity contribution is 6.23. The summed E-state index contributed by atoms with van der Waals surface area (Å²) in [5.74, 6) is -1.89. The summed E-state index contributed by atoms with van der Waals surface area (Å²) in [6.07, 6.45) is 4.78. The number of hydrogen-bond acceptors (Lipinski definition) is 6. The van der Waals surface area contributed by atoms with E-state index in [4.69, 9.17) is 0 Å². The summed E-state index contributed by atoms with van der Waals surface area (Å²) in [5, 5.41) is 9.19. The summed E-state index contributed by atoms with van der Waals surface area (Å²) in [6, 6.07) is 4.79. The van der Waals surface area contributed by atoms with E-state index in [0.29, 0.717) is 23.7 Å². The number of nitrogens with one attached hydrogen (secondary N) is 3. The van der Waals surface area contributed by atoms with Crippen molar-refractivity contribution in [3.8, 4) is 0 Å². The number of hydrogen-bond donors (Lipinski definition) is 3. The van der Waals surface area contributed by atoms with Crippen LogP contribution in [0.25, 0.3) is 0 Å². The summed E-state index contributed by atoms with van der Waals surface area (Å²) in [5.41, 5.74) is 1.59. The second kappa shape index (κ2) is 8.42. The maximum absolute atomic E-state index is 12.9. The molecule has 29 heavy (non-hydrogen) atoms. The molecule has 1 unspecified atom stereocenters. The minimum Gasteiger partial charge on any atom is -0.317 e. The summed E-state index contributed by atoms with van der Waals surface area (Å²) in [4.78, 5) is 50.1. The van der Waals surface area contributed by atoms with E-state index in [1.807, 2.05) is 6.07 Å². The van der Waals surface area contributed by atoms with Gasteiger partial charge in [0.25, 0.3) is 11.8 Å². The molecule has 0 spiro atoms. The number of piperidine rings is 1. The molecule has 0 aliphatic carbocycles. The number of fused-ring (bicyclic) bond motifs is 1. The van der Waals surface area contributed by atoms with Crippen molar-refractivity contribution in [2.24, 2.45) is 0 Å². The molecule has 2 saturated heterocycles. The Kier molecular flexibility index (Phi) is 5.73. The van der Waals surface area contributed by atoms with E-state index >= 15 is 0 Å². The summed E-state index contributed by atoms with van der Waals surface area (Å²) < 4.78 is 0. The Balaban J connectivity index is 1.45. The third kappa shape index (κ3) is 4.09. The molecule has 8 nitrogen and oxygen atoms in total. The highest BCUT2D eigenvalue weighted by Crippen LogP contribution is 2.28. The monoisotopic (exact) mass is 398 g/mol. The zero-order valence-corrected chi connectivity index (χ0v) is 16.3. The van der Waals surface area contributed by atoms with E-state index in [0.717, 1.165) is 49.2 Å². The minimum absolute atomic E-state index is 0.121. The van der Waals surface area contributed by atoms with Gasteiger partial charge in [0.1, 0.15) is 6.04 Å². The van der Waals surface area contributed by atoms with Gasteiger partial charge >= 0.3 is 0 Å². The highest BCUT2D eigenvalue weighted by Gasteiger charge is 2.44. The van der Waals surface area contributed by atoms with Gasteiger partial charge in [-0.2, -0.15) is 0 Å². The first-order valence-corrected chi connectivity index (χ1v) is 10.3. The molecular weight excluding hydrogens is 372 g/mol. The number of imide groups is 2. The van der Waals surface area contributed by atoms with E-state index in [-0.39, 0.29) is 18.7 Å². The van der Waals surface area contributed by atoms with E-state index in [2.05, 4.69) is 16.0 Å². The van der Waals surface area contributed by atoms with Gasteiger partial charge < -0.3 is 10.6 Å². The number of nitrogens with zero attached hydrogens (tertiary/aromatic N) is 1. The average Bonchev–Trinajstić information content (AvgIpc) is 2.92. The molecular formula is C21H26N4O4. The van der Waals surface area contributed by atoms with Gasteiger partial charge in [-0.25, -0.2) is 0 Å². The van der Waals surface area contributed by atoms with Crippen molar-refractivity contribution in [1.29, 1.82) is 0 Å². The quantitative estimate of drug-likeness (QED) is 0.645. The molecule has 0 aromatic heterocycles. The lowest BCUT2D eigenvalue weighted by molar-refractivity contribution is -0.136. The number of carbonyl (C=O) groups excluding carboxylic acids is 4. The van der Waals surface area contributed by atoms with E-state index in [1.54, 1.807) is 12.1 Å². The Bertz CT molecular complexity index is 845. The van der Waals surface area contributed by atoms with Gasteiger partial charge in [0.15, 0.2) is 0 Å². The maximum Gasteiger partial charge on any atom is 0.262 e. The molecule has 0 saturated carbocycles. The molecule has 1 aromatic carbocycles. The van der Waals surface area contributed by atoms with Crippen LogP contribution in [0.1, 0.15) is 64.8 Å². The molecule has 8 heteroatoms. The standard InChI is InChI=1S/C21H26N4O4/c26-18-8-7-17(19(27)24-18)25-20(28)15-6-5-13(11-16(15)21(25)29)12-23-14-3-1-9-22-10-2-4-14/h5-6,11,14,17,22-23H,1-4,7-10,12H2,(H,24,26,27).